The van der Waals surface area contributed by atoms with E-state index in [1.54, 1.807) is 11.8 Å². The molecule has 2 aromatic carbocycles. The SMILES string of the molecule is O=C(NCC1CCCNC1)c1ccc(SCc2ccccc2)cc1. The quantitative estimate of drug-likeness (QED) is 0.788. The van der Waals surface area contributed by atoms with Crippen molar-refractivity contribution in [2.24, 2.45) is 5.92 Å². The molecule has 126 valence electrons. The monoisotopic (exact) mass is 340 g/mol. The Hall–Kier alpha value is -1.78. The molecule has 4 heteroatoms. The molecule has 1 amide bonds. The minimum Gasteiger partial charge on any atom is -0.352 e. The van der Waals surface area contributed by atoms with Gasteiger partial charge in [0.2, 0.25) is 0 Å². The third-order valence-electron chi connectivity index (χ3n) is 4.32. The number of carbonyl (C=O) groups is 1. The van der Waals surface area contributed by atoms with Gasteiger partial charge >= 0.3 is 0 Å². The highest BCUT2D eigenvalue weighted by Crippen LogP contribution is 2.23. The number of hydrogen-bond acceptors (Lipinski definition) is 3. The molecule has 0 saturated carbocycles. The number of carbonyl (C=O) groups excluding carboxylic acids is 1. The first-order valence-electron chi connectivity index (χ1n) is 8.57. The van der Waals surface area contributed by atoms with Crippen LogP contribution in [-0.4, -0.2) is 25.5 Å². The summed E-state index contributed by atoms with van der Waals surface area (Å²) in [5, 5.41) is 6.44. The molecule has 3 nitrogen and oxygen atoms in total. The molecule has 2 aromatic rings. The van der Waals surface area contributed by atoms with Gasteiger partial charge in [0.15, 0.2) is 0 Å². The van der Waals surface area contributed by atoms with Gasteiger partial charge in [0.1, 0.15) is 0 Å². The maximum Gasteiger partial charge on any atom is 0.251 e. The molecule has 1 unspecified atom stereocenters. The number of benzene rings is 2. The average molecular weight is 340 g/mol. The van der Waals surface area contributed by atoms with Crippen LogP contribution in [0.5, 0.6) is 0 Å². The van der Waals surface area contributed by atoms with E-state index in [1.165, 1.54) is 23.3 Å². The molecule has 0 spiro atoms. The minimum atomic E-state index is 0.0279. The van der Waals surface area contributed by atoms with Gasteiger partial charge in [-0.05, 0) is 61.7 Å². The standard InChI is InChI=1S/C20H24N2OS/c23-20(22-14-17-7-4-12-21-13-17)18-8-10-19(11-9-18)24-15-16-5-2-1-3-6-16/h1-3,5-6,8-11,17,21H,4,7,12-15H2,(H,22,23). The fourth-order valence-corrected chi connectivity index (χ4v) is 3.74. The fraction of sp³-hybridized carbons (Fsp3) is 0.350. The summed E-state index contributed by atoms with van der Waals surface area (Å²) in [6.45, 7) is 2.87. The van der Waals surface area contributed by atoms with E-state index >= 15 is 0 Å². The molecular formula is C20H24N2OS. The van der Waals surface area contributed by atoms with Crippen LogP contribution in [0.3, 0.4) is 0 Å². The predicted molar refractivity (Wildman–Crippen MR) is 100 cm³/mol. The van der Waals surface area contributed by atoms with Gasteiger partial charge in [-0.2, -0.15) is 0 Å². The maximum absolute atomic E-state index is 12.2. The highest BCUT2D eigenvalue weighted by Gasteiger charge is 2.14. The lowest BCUT2D eigenvalue weighted by molar-refractivity contribution is 0.0945. The Balaban J connectivity index is 1.47. The lowest BCUT2D eigenvalue weighted by atomic mass is 10.00. The van der Waals surface area contributed by atoms with Crippen molar-refractivity contribution in [2.45, 2.75) is 23.5 Å². The molecule has 1 aliphatic rings. The molecule has 24 heavy (non-hydrogen) atoms. The molecule has 1 heterocycles. The second-order valence-electron chi connectivity index (χ2n) is 6.22. The lowest BCUT2D eigenvalue weighted by Gasteiger charge is -2.22. The molecule has 0 aromatic heterocycles. The van der Waals surface area contributed by atoms with Crippen molar-refractivity contribution in [3.63, 3.8) is 0 Å². The van der Waals surface area contributed by atoms with E-state index in [-0.39, 0.29) is 5.91 Å². The minimum absolute atomic E-state index is 0.0279. The third-order valence-corrected chi connectivity index (χ3v) is 5.40. The van der Waals surface area contributed by atoms with Gasteiger partial charge in [0.05, 0.1) is 0 Å². The zero-order valence-electron chi connectivity index (χ0n) is 13.8. The van der Waals surface area contributed by atoms with Crippen LogP contribution in [0.25, 0.3) is 0 Å². The van der Waals surface area contributed by atoms with Crippen molar-refractivity contribution >= 4 is 17.7 Å². The largest absolute Gasteiger partial charge is 0.352 e. The smallest absolute Gasteiger partial charge is 0.251 e. The van der Waals surface area contributed by atoms with E-state index in [9.17, 15) is 4.79 Å². The van der Waals surface area contributed by atoms with Gasteiger partial charge in [-0.1, -0.05) is 30.3 Å². The summed E-state index contributed by atoms with van der Waals surface area (Å²) in [5.41, 5.74) is 2.05. The molecule has 1 atom stereocenters. The van der Waals surface area contributed by atoms with E-state index in [0.29, 0.717) is 5.92 Å². The van der Waals surface area contributed by atoms with Crippen LogP contribution in [0, 0.1) is 5.92 Å². The maximum atomic E-state index is 12.2. The summed E-state index contributed by atoms with van der Waals surface area (Å²) in [6, 6.07) is 18.3. The van der Waals surface area contributed by atoms with E-state index < -0.39 is 0 Å². The summed E-state index contributed by atoms with van der Waals surface area (Å²) in [4.78, 5) is 13.4. The van der Waals surface area contributed by atoms with Crippen molar-refractivity contribution in [3.8, 4) is 0 Å². The number of rotatable bonds is 6. The van der Waals surface area contributed by atoms with E-state index in [4.69, 9.17) is 0 Å². The predicted octanol–water partition coefficient (Wildman–Crippen LogP) is 3.71. The first kappa shape index (κ1) is 17.1. The topological polar surface area (TPSA) is 41.1 Å². The molecule has 1 saturated heterocycles. The van der Waals surface area contributed by atoms with Crippen LogP contribution >= 0.6 is 11.8 Å². The second-order valence-corrected chi connectivity index (χ2v) is 7.27. The zero-order valence-corrected chi connectivity index (χ0v) is 14.6. The third kappa shape index (κ3) is 5.11. The Kier molecular flexibility index (Phi) is 6.33. The van der Waals surface area contributed by atoms with Crippen molar-refractivity contribution in [3.05, 3.63) is 65.7 Å². The average Bonchev–Trinajstić information content (AvgIpc) is 2.66. The number of nitrogens with one attached hydrogen (secondary N) is 2. The van der Waals surface area contributed by atoms with Crippen LogP contribution in [0.4, 0.5) is 0 Å². The van der Waals surface area contributed by atoms with Crippen molar-refractivity contribution in [2.75, 3.05) is 19.6 Å². The van der Waals surface area contributed by atoms with Gasteiger partial charge in [-0.15, -0.1) is 11.8 Å². The molecular weight excluding hydrogens is 316 g/mol. The zero-order chi connectivity index (χ0) is 16.6. The van der Waals surface area contributed by atoms with Gasteiger partial charge in [0.25, 0.3) is 5.91 Å². The fourth-order valence-electron chi connectivity index (χ4n) is 2.88. The number of amides is 1. The van der Waals surface area contributed by atoms with Crippen LogP contribution in [0.2, 0.25) is 0 Å². The normalized spacial score (nSPS) is 17.4. The van der Waals surface area contributed by atoms with Crippen molar-refractivity contribution < 1.29 is 4.79 Å². The van der Waals surface area contributed by atoms with Gasteiger partial charge in [-0.25, -0.2) is 0 Å². The summed E-state index contributed by atoms with van der Waals surface area (Å²) < 4.78 is 0. The van der Waals surface area contributed by atoms with E-state index in [1.807, 2.05) is 30.3 Å². The summed E-state index contributed by atoms with van der Waals surface area (Å²) in [6.07, 6.45) is 2.40. The van der Waals surface area contributed by atoms with Crippen LogP contribution in [0.1, 0.15) is 28.8 Å². The van der Waals surface area contributed by atoms with Crippen LogP contribution in [0.15, 0.2) is 59.5 Å². The first-order valence-corrected chi connectivity index (χ1v) is 9.55. The van der Waals surface area contributed by atoms with Gasteiger partial charge in [0, 0.05) is 22.8 Å². The molecule has 3 rings (SSSR count). The Morgan fingerprint density at radius 2 is 1.92 bits per heavy atom. The van der Waals surface area contributed by atoms with Crippen LogP contribution < -0.4 is 10.6 Å². The van der Waals surface area contributed by atoms with Crippen LogP contribution in [-0.2, 0) is 5.75 Å². The van der Waals surface area contributed by atoms with Crippen molar-refractivity contribution in [1.29, 1.82) is 0 Å². The molecule has 1 fully saturated rings. The number of hydrogen-bond donors (Lipinski definition) is 2. The van der Waals surface area contributed by atoms with E-state index in [0.717, 1.165) is 31.0 Å². The Morgan fingerprint density at radius 1 is 1.12 bits per heavy atom. The Labute approximate surface area is 148 Å². The molecule has 1 aliphatic heterocycles. The van der Waals surface area contributed by atoms with Crippen molar-refractivity contribution in [1.82, 2.24) is 10.6 Å². The lowest BCUT2D eigenvalue weighted by Crippen LogP contribution is -2.38. The second kappa shape index (κ2) is 8.90. The first-order chi connectivity index (χ1) is 11.8. The van der Waals surface area contributed by atoms with Gasteiger partial charge < -0.3 is 10.6 Å². The highest BCUT2D eigenvalue weighted by molar-refractivity contribution is 7.98. The molecule has 0 bridgehead atoms. The molecule has 2 N–H and O–H groups in total. The van der Waals surface area contributed by atoms with Gasteiger partial charge in [-0.3, -0.25) is 4.79 Å². The Bertz CT molecular complexity index is 636. The number of piperidine rings is 1. The summed E-state index contributed by atoms with van der Waals surface area (Å²) >= 11 is 1.79. The Morgan fingerprint density at radius 3 is 2.62 bits per heavy atom. The van der Waals surface area contributed by atoms with E-state index in [2.05, 4.69) is 34.9 Å². The highest BCUT2D eigenvalue weighted by atomic mass is 32.2. The molecule has 0 aliphatic carbocycles. The molecule has 0 radical (unpaired) electrons. The number of thioether (sulfide) groups is 1. The summed E-state index contributed by atoms with van der Waals surface area (Å²) in [5.74, 6) is 1.53. The summed E-state index contributed by atoms with van der Waals surface area (Å²) in [7, 11) is 0.